The van der Waals surface area contributed by atoms with Crippen molar-refractivity contribution < 1.29 is 4.74 Å². The van der Waals surface area contributed by atoms with Gasteiger partial charge in [0.2, 0.25) is 16.9 Å². The Morgan fingerprint density at radius 2 is 2.11 bits per heavy atom. The predicted octanol–water partition coefficient (Wildman–Crippen LogP) is 2.60. The number of anilines is 1. The van der Waals surface area contributed by atoms with E-state index in [1.807, 2.05) is 0 Å². The van der Waals surface area contributed by atoms with Gasteiger partial charge in [-0.3, -0.25) is 4.90 Å². The lowest BCUT2D eigenvalue weighted by Gasteiger charge is -2.28. The third kappa shape index (κ3) is 2.48. The number of amidine groups is 1. The van der Waals surface area contributed by atoms with Crippen molar-refractivity contribution in [3.05, 3.63) is 23.2 Å². The fourth-order valence-corrected chi connectivity index (χ4v) is 2.28. The highest BCUT2D eigenvalue weighted by Crippen LogP contribution is 2.31. The van der Waals surface area contributed by atoms with E-state index in [0.29, 0.717) is 16.5 Å². The van der Waals surface area contributed by atoms with E-state index >= 15 is 0 Å². The third-order valence-corrected chi connectivity index (χ3v) is 3.06. The molecule has 0 aromatic heterocycles. The van der Waals surface area contributed by atoms with Crippen molar-refractivity contribution in [3.63, 3.8) is 0 Å². The van der Waals surface area contributed by atoms with Crippen molar-refractivity contribution in [3.8, 4) is 5.75 Å². The number of aliphatic imine (C=N–C) groups is 2. The van der Waals surface area contributed by atoms with Crippen molar-refractivity contribution in [1.82, 2.24) is 0 Å². The molecule has 0 bridgehead atoms. The van der Waals surface area contributed by atoms with Crippen LogP contribution in [0.4, 0.5) is 5.69 Å². The molecule has 18 heavy (non-hydrogen) atoms. The summed E-state index contributed by atoms with van der Waals surface area (Å²) in [6.45, 7) is 0. The Morgan fingerprint density at radius 3 is 2.67 bits per heavy atom. The van der Waals surface area contributed by atoms with E-state index in [0.717, 1.165) is 0 Å². The van der Waals surface area contributed by atoms with E-state index in [1.165, 1.54) is 12.0 Å². The lowest BCUT2D eigenvalue weighted by atomic mass is 10.3. The summed E-state index contributed by atoms with van der Waals surface area (Å²) in [4.78, 5) is 9.23. The van der Waals surface area contributed by atoms with Crippen LogP contribution in [0.5, 0.6) is 5.75 Å². The molecule has 96 valence electrons. The summed E-state index contributed by atoms with van der Waals surface area (Å²) in [5.41, 5.74) is 5.65. The normalized spacial score (nSPS) is 19.3. The van der Waals surface area contributed by atoms with Crippen LogP contribution in [0.3, 0.4) is 0 Å². The van der Waals surface area contributed by atoms with Gasteiger partial charge in [-0.25, -0.2) is 4.99 Å². The molecule has 0 aliphatic carbocycles. The summed E-state index contributed by atoms with van der Waals surface area (Å²) in [6.07, 6.45) is 0. The van der Waals surface area contributed by atoms with E-state index in [1.54, 1.807) is 18.2 Å². The highest BCUT2D eigenvalue weighted by Gasteiger charge is 2.24. The first kappa shape index (κ1) is 13.3. The standard InChI is InChI=1S/C10H9Cl3N4O/c1-18-7-3-2-5(4-6(7)11)17-9(13)15-8(12)16-10(17)14/h2-4,9H,1H3,(H2,14,15,16). The van der Waals surface area contributed by atoms with Crippen molar-refractivity contribution in [1.29, 1.82) is 0 Å². The van der Waals surface area contributed by atoms with Crippen LogP contribution in [0, 0.1) is 0 Å². The number of hydrogen-bond donors (Lipinski definition) is 1. The molecule has 0 saturated carbocycles. The summed E-state index contributed by atoms with van der Waals surface area (Å²) in [6, 6.07) is 5.11. The molecule has 8 heteroatoms. The minimum Gasteiger partial charge on any atom is -0.495 e. The zero-order chi connectivity index (χ0) is 13.3. The van der Waals surface area contributed by atoms with Gasteiger partial charge in [0.05, 0.1) is 12.1 Å². The van der Waals surface area contributed by atoms with Crippen LogP contribution in [0.1, 0.15) is 0 Å². The molecular weight excluding hydrogens is 298 g/mol. The van der Waals surface area contributed by atoms with Gasteiger partial charge in [-0.2, -0.15) is 4.99 Å². The van der Waals surface area contributed by atoms with Crippen LogP contribution in [0.2, 0.25) is 5.02 Å². The second-order valence-corrected chi connectivity index (χ2v) is 4.50. The average molecular weight is 308 g/mol. The summed E-state index contributed by atoms with van der Waals surface area (Å²) in [7, 11) is 1.53. The number of alkyl halides is 1. The fourth-order valence-electron chi connectivity index (χ4n) is 1.49. The van der Waals surface area contributed by atoms with Gasteiger partial charge in [-0.05, 0) is 29.8 Å². The fraction of sp³-hybridized carbons (Fsp3) is 0.200. The third-order valence-electron chi connectivity index (χ3n) is 2.29. The Labute approximate surface area is 119 Å². The maximum Gasteiger partial charge on any atom is 0.224 e. The van der Waals surface area contributed by atoms with Gasteiger partial charge < -0.3 is 10.5 Å². The average Bonchev–Trinajstić information content (AvgIpc) is 2.27. The van der Waals surface area contributed by atoms with E-state index in [9.17, 15) is 0 Å². The molecule has 2 N–H and O–H groups in total. The van der Waals surface area contributed by atoms with E-state index in [-0.39, 0.29) is 11.3 Å². The number of halogens is 3. The van der Waals surface area contributed by atoms with Crippen molar-refractivity contribution >= 4 is 51.7 Å². The van der Waals surface area contributed by atoms with E-state index < -0.39 is 5.62 Å². The van der Waals surface area contributed by atoms with E-state index in [2.05, 4.69) is 9.98 Å². The first-order valence-corrected chi connectivity index (χ1v) is 6.06. The number of ether oxygens (including phenoxy) is 1. The Bertz CT molecular complexity index is 532. The van der Waals surface area contributed by atoms with Crippen LogP contribution in [-0.2, 0) is 0 Å². The summed E-state index contributed by atoms with van der Waals surface area (Å²) >= 11 is 17.8. The first-order valence-electron chi connectivity index (χ1n) is 4.87. The summed E-state index contributed by atoms with van der Waals surface area (Å²) in [5, 5.41) is 0.454. The number of guanidine groups is 1. The molecule has 0 fully saturated rings. The smallest absolute Gasteiger partial charge is 0.224 e. The Kier molecular flexibility index (Phi) is 3.85. The van der Waals surface area contributed by atoms with Gasteiger partial charge in [0.25, 0.3) is 0 Å². The Hall–Kier alpha value is -1.17. The summed E-state index contributed by atoms with van der Waals surface area (Å²) in [5.74, 6) is 0.705. The number of nitrogens with zero attached hydrogens (tertiary/aromatic N) is 3. The maximum absolute atomic E-state index is 6.05. The Balaban J connectivity index is 2.38. The van der Waals surface area contributed by atoms with Gasteiger partial charge in [0.15, 0.2) is 0 Å². The van der Waals surface area contributed by atoms with Gasteiger partial charge in [0.1, 0.15) is 5.75 Å². The monoisotopic (exact) mass is 306 g/mol. The summed E-state index contributed by atoms with van der Waals surface area (Å²) < 4.78 is 5.06. The van der Waals surface area contributed by atoms with Gasteiger partial charge in [-0.15, -0.1) is 0 Å². The van der Waals surface area contributed by atoms with Crippen LogP contribution < -0.4 is 15.4 Å². The Morgan fingerprint density at radius 1 is 1.39 bits per heavy atom. The molecule has 1 heterocycles. The lowest BCUT2D eigenvalue weighted by Crippen LogP contribution is -2.44. The van der Waals surface area contributed by atoms with Crippen molar-refractivity contribution in [2.24, 2.45) is 15.7 Å². The molecule has 1 aliphatic heterocycles. The SMILES string of the molecule is COc1ccc(N2C(N)=NC(Cl)=NC2Cl)cc1Cl. The van der Waals surface area contributed by atoms with Gasteiger partial charge in [0, 0.05) is 5.69 Å². The van der Waals surface area contributed by atoms with Crippen LogP contribution >= 0.6 is 34.8 Å². The molecule has 1 aromatic rings. The molecule has 0 saturated heterocycles. The second-order valence-electron chi connectivity index (χ2n) is 3.37. The zero-order valence-corrected chi connectivity index (χ0v) is 11.5. The highest BCUT2D eigenvalue weighted by molar-refractivity contribution is 6.66. The first-order chi connectivity index (χ1) is 8.52. The highest BCUT2D eigenvalue weighted by atomic mass is 35.5. The molecular formula is C10H9Cl3N4O. The molecule has 2 rings (SSSR count). The lowest BCUT2D eigenvalue weighted by molar-refractivity contribution is 0.415. The number of nitrogens with two attached hydrogens (primary N) is 1. The molecule has 0 spiro atoms. The van der Waals surface area contributed by atoms with Gasteiger partial charge >= 0.3 is 0 Å². The molecule has 1 aliphatic rings. The quantitative estimate of drug-likeness (QED) is 0.675. The van der Waals surface area contributed by atoms with Gasteiger partial charge in [-0.1, -0.05) is 23.2 Å². The van der Waals surface area contributed by atoms with Crippen LogP contribution in [0.15, 0.2) is 28.2 Å². The maximum atomic E-state index is 6.05. The van der Waals surface area contributed by atoms with Crippen LogP contribution in [0.25, 0.3) is 0 Å². The van der Waals surface area contributed by atoms with Crippen molar-refractivity contribution in [2.45, 2.75) is 5.62 Å². The number of benzene rings is 1. The minimum absolute atomic E-state index is 0.0170. The molecule has 1 atom stereocenters. The largest absolute Gasteiger partial charge is 0.495 e. The molecule has 1 aromatic carbocycles. The zero-order valence-electron chi connectivity index (χ0n) is 9.27. The minimum atomic E-state index is -0.764. The molecule has 0 amide bonds. The molecule has 5 nitrogen and oxygen atoms in total. The number of rotatable bonds is 2. The second kappa shape index (κ2) is 5.22. The molecule has 1 unspecified atom stereocenters. The topological polar surface area (TPSA) is 63.2 Å². The van der Waals surface area contributed by atoms with Crippen LogP contribution in [-0.4, -0.2) is 24.0 Å². The predicted molar refractivity (Wildman–Crippen MR) is 75.0 cm³/mol. The molecule has 0 radical (unpaired) electrons. The number of hydrogen-bond acceptors (Lipinski definition) is 5. The number of methoxy groups -OCH3 is 1. The van der Waals surface area contributed by atoms with Crippen molar-refractivity contribution in [2.75, 3.05) is 12.0 Å². The van der Waals surface area contributed by atoms with E-state index in [4.69, 9.17) is 45.3 Å².